The van der Waals surface area contributed by atoms with E-state index in [0.29, 0.717) is 22.2 Å². The third-order valence-electron chi connectivity index (χ3n) is 3.31. The molecule has 1 saturated heterocycles. The fourth-order valence-electron chi connectivity index (χ4n) is 2.28. The van der Waals surface area contributed by atoms with Gasteiger partial charge in [-0.05, 0) is 18.6 Å². The van der Waals surface area contributed by atoms with Crippen molar-refractivity contribution in [2.24, 2.45) is 7.05 Å². The molecule has 3 rings (SSSR count). The van der Waals surface area contributed by atoms with Gasteiger partial charge in [0.15, 0.2) is 0 Å². The van der Waals surface area contributed by atoms with Crippen LogP contribution in [-0.2, 0) is 11.8 Å². The van der Waals surface area contributed by atoms with Crippen molar-refractivity contribution in [1.82, 2.24) is 15.1 Å². The maximum Gasteiger partial charge on any atom is 0.262 e. The number of aryl methyl sites for hydroxylation is 1. The first-order chi connectivity index (χ1) is 10.0. The summed E-state index contributed by atoms with van der Waals surface area (Å²) in [5.41, 5.74) is 0.749. The molecule has 1 atom stereocenters. The number of anilines is 1. The highest BCUT2D eigenvalue weighted by Crippen LogP contribution is 2.23. The van der Waals surface area contributed by atoms with Gasteiger partial charge in [0.2, 0.25) is 5.91 Å². The Bertz CT molecular complexity index is 696. The van der Waals surface area contributed by atoms with E-state index >= 15 is 0 Å². The number of carbonyl (C=O) groups excluding carboxylic acids is 2. The number of halogens is 1. The van der Waals surface area contributed by atoms with E-state index in [1.807, 2.05) is 0 Å². The maximum absolute atomic E-state index is 12.3. The van der Waals surface area contributed by atoms with Crippen molar-refractivity contribution in [2.45, 2.75) is 12.5 Å². The minimum Gasteiger partial charge on any atom is -0.339 e. The lowest BCUT2D eigenvalue weighted by molar-refractivity contribution is -0.118. The monoisotopic (exact) mass is 324 g/mol. The molecule has 2 aromatic heterocycles. The van der Waals surface area contributed by atoms with Crippen LogP contribution in [0.2, 0.25) is 4.34 Å². The van der Waals surface area contributed by atoms with Crippen LogP contribution in [0, 0.1) is 0 Å². The number of hydrogen-bond acceptors (Lipinski definition) is 4. The number of rotatable bonds is 3. The van der Waals surface area contributed by atoms with Crippen molar-refractivity contribution < 1.29 is 9.59 Å². The lowest BCUT2D eigenvalue weighted by Crippen LogP contribution is -2.41. The van der Waals surface area contributed by atoms with Crippen molar-refractivity contribution in [3.63, 3.8) is 0 Å². The van der Waals surface area contributed by atoms with Crippen molar-refractivity contribution in [3.8, 4) is 0 Å². The minimum absolute atomic E-state index is 0.112. The Kier molecular flexibility index (Phi) is 3.69. The Balaban J connectivity index is 1.68. The zero-order valence-corrected chi connectivity index (χ0v) is 12.8. The molecule has 2 amide bonds. The van der Waals surface area contributed by atoms with Gasteiger partial charge in [0.25, 0.3) is 5.91 Å². The largest absolute Gasteiger partial charge is 0.339 e. The first-order valence-electron chi connectivity index (χ1n) is 6.41. The summed E-state index contributed by atoms with van der Waals surface area (Å²) >= 11 is 7.01. The Morgan fingerprint density at radius 1 is 1.52 bits per heavy atom. The van der Waals surface area contributed by atoms with Gasteiger partial charge in [0.05, 0.1) is 21.1 Å². The number of aromatic nitrogens is 2. The van der Waals surface area contributed by atoms with Crippen molar-refractivity contribution in [3.05, 3.63) is 33.7 Å². The molecule has 1 N–H and O–H groups in total. The molecule has 0 saturated carbocycles. The number of nitrogens with one attached hydrogen (secondary N) is 1. The summed E-state index contributed by atoms with van der Waals surface area (Å²) in [4.78, 5) is 26.5. The molecule has 1 aliphatic rings. The van der Waals surface area contributed by atoms with E-state index in [-0.39, 0.29) is 11.8 Å². The van der Waals surface area contributed by atoms with Crippen molar-refractivity contribution in [2.75, 3.05) is 11.4 Å². The lowest BCUT2D eigenvalue weighted by Gasteiger charge is -2.14. The number of amides is 2. The van der Waals surface area contributed by atoms with Crippen LogP contribution < -0.4 is 10.2 Å². The molecule has 1 unspecified atom stereocenters. The highest BCUT2D eigenvalue weighted by molar-refractivity contribution is 7.18. The first kappa shape index (κ1) is 14.1. The van der Waals surface area contributed by atoms with Gasteiger partial charge in [-0.15, -0.1) is 11.3 Å². The Morgan fingerprint density at radius 3 is 2.95 bits per heavy atom. The smallest absolute Gasteiger partial charge is 0.262 e. The summed E-state index contributed by atoms with van der Waals surface area (Å²) in [5.74, 6) is -0.378. The predicted molar refractivity (Wildman–Crippen MR) is 80.8 cm³/mol. The van der Waals surface area contributed by atoms with E-state index in [1.54, 1.807) is 41.2 Å². The van der Waals surface area contributed by atoms with E-state index in [9.17, 15) is 9.59 Å². The molecule has 2 aromatic rings. The van der Waals surface area contributed by atoms with Crippen LogP contribution in [0.5, 0.6) is 0 Å². The molecule has 0 aromatic carbocycles. The average molecular weight is 325 g/mol. The molecule has 110 valence electrons. The SMILES string of the molecule is Cn1cc(N2CCC(NC(=O)c3ccc(Cl)s3)C2=O)cn1. The number of hydrogen-bond donors (Lipinski definition) is 1. The van der Waals surface area contributed by atoms with E-state index in [4.69, 9.17) is 11.6 Å². The molecule has 1 aliphatic heterocycles. The molecule has 6 nitrogen and oxygen atoms in total. The summed E-state index contributed by atoms with van der Waals surface area (Å²) in [6, 6.07) is 2.82. The van der Waals surface area contributed by atoms with Crippen LogP contribution in [0.1, 0.15) is 16.1 Å². The van der Waals surface area contributed by atoms with Crippen LogP contribution >= 0.6 is 22.9 Å². The van der Waals surface area contributed by atoms with Crippen molar-refractivity contribution >= 4 is 40.4 Å². The second kappa shape index (κ2) is 5.50. The molecule has 0 aliphatic carbocycles. The van der Waals surface area contributed by atoms with Crippen LogP contribution in [0.15, 0.2) is 24.5 Å². The van der Waals surface area contributed by atoms with Gasteiger partial charge < -0.3 is 10.2 Å². The third-order valence-corrected chi connectivity index (χ3v) is 4.54. The number of nitrogens with zero attached hydrogens (tertiary/aromatic N) is 3. The maximum atomic E-state index is 12.3. The number of carbonyl (C=O) groups is 2. The molecule has 0 spiro atoms. The third kappa shape index (κ3) is 2.79. The Labute approximate surface area is 130 Å². The summed E-state index contributed by atoms with van der Waals surface area (Å²) in [6.07, 6.45) is 4.00. The van der Waals surface area contributed by atoms with Crippen LogP contribution in [-0.4, -0.2) is 34.2 Å². The van der Waals surface area contributed by atoms with Crippen LogP contribution in [0.3, 0.4) is 0 Å². The Morgan fingerprint density at radius 2 is 2.33 bits per heavy atom. The fourth-order valence-corrected chi connectivity index (χ4v) is 3.23. The van der Waals surface area contributed by atoms with Gasteiger partial charge >= 0.3 is 0 Å². The van der Waals surface area contributed by atoms with Gasteiger partial charge in [0.1, 0.15) is 6.04 Å². The summed E-state index contributed by atoms with van der Waals surface area (Å²) in [6.45, 7) is 0.570. The minimum atomic E-state index is -0.501. The molecule has 3 heterocycles. The second-order valence-corrected chi connectivity index (χ2v) is 6.50. The summed E-state index contributed by atoms with van der Waals surface area (Å²) in [5, 5.41) is 6.81. The molecule has 0 bridgehead atoms. The molecule has 21 heavy (non-hydrogen) atoms. The quantitative estimate of drug-likeness (QED) is 0.934. The van der Waals surface area contributed by atoms with E-state index < -0.39 is 6.04 Å². The Hall–Kier alpha value is -1.86. The van der Waals surface area contributed by atoms with E-state index in [1.165, 1.54) is 11.3 Å². The molecule has 0 radical (unpaired) electrons. The normalized spacial score (nSPS) is 18.3. The zero-order valence-electron chi connectivity index (χ0n) is 11.2. The summed E-state index contributed by atoms with van der Waals surface area (Å²) < 4.78 is 2.19. The fraction of sp³-hybridized carbons (Fsp3) is 0.308. The molecule has 8 heteroatoms. The predicted octanol–water partition coefficient (Wildman–Crippen LogP) is 1.67. The second-order valence-electron chi connectivity index (χ2n) is 4.78. The zero-order chi connectivity index (χ0) is 15.0. The van der Waals surface area contributed by atoms with E-state index in [2.05, 4.69) is 10.4 Å². The topological polar surface area (TPSA) is 67.2 Å². The van der Waals surface area contributed by atoms with Gasteiger partial charge in [-0.1, -0.05) is 11.6 Å². The van der Waals surface area contributed by atoms with E-state index in [0.717, 1.165) is 5.69 Å². The van der Waals surface area contributed by atoms with Crippen LogP contribution in [0.4, 0.5) is 5.69 Å². The lowest BCUT2D eigenvalue weighted by atomic mass is 10.2. The standard InChI is InChI=1S/C13H13ClN4O2S/c1-17-7-8(6-15-17)18-5-4-9(13(18)20)16-12(19)10-2-3-11(14)21-10/h2-3,6-7,9H,4-5H2,1H3,(H,16,19). The molecular formula is C13H13ClN4O2S. The average Bonchev–Trinajstić information content (AvgIpc) is 3.13. The highest BCUT2D eigenvalue weighted by Gasteiger charge is 2.34. The van der Waals surface area contributed by atoms with Crippen molar-refractivity contribution in [1.29, 1.82) is 0 Å². The molecular weight excluding hydrogens is 312 g/mol. The van der Waals surface area contributed by atoms with Crippen LogP contribution in [0.25, 0.3) is 0 Å². The summed E-state index contributed by atoms with van der Waals surface area (Å²) in [7, 11) is 1.80. The number of thiophene rings is 1. The van der Waals surface area contributed by atoms with Gasteiger partial charge in [-0.3, -0.25) is 14.3 Å². The van der Waals surface area contributed by atoms with Gasteiger partial charge in [-0.2, -0.15) is 5.10 Å². The van der Waals surface area contributed by atoms with Gasteiger partial charge in [0, 0.05) is 19.8 Å². The first-order valence-corrected chi connectivity index (χ1v) is 7.60. The highest BCUT2D eigenvalue weighted by atomic mass is 35.5. The molecule has 1 fully saturated rings. The van der Waals surface area contributed by atoms with Gasteiger partial charge in [-0.25, -0.2) is 0 Å².